The molecule has 2 heteroatoms. The molecule has 0 radical (unpaired) electrons. The van der Waals surface area contributed by atoms with Gasteiger partial charge in [0.25, 0.3) is 0 Å². The first-order valence-electron chi connectivity index (χ1n) is 4.03. The summed E-state index contributed by atoms with van der Waals surface area (Å²) in [6.45, 7) is 9.88. The van der Waals surface area contributed by atoms with E-state index >= 15 is 0 Å². The standard InChI is InChI=1S/C9H18N2/c1-6-8(3)9(7-2)11(5)10-4/h7-8H,4,6H2,1-3,5H3/b9-7-. The van der Waals surface area contributed by atoms with Gasteiger partial charge in [-0.2, -0.15) is 5.10 Å². The van der Waals surface area contributed by atoms with Crippen LogP contribution in [0.2, 0.25) is 0 Å². The van der Waals surface area contributed by atoms with Gasteiger partial charge in [0, 0.05) is 19.5 Å². The lowest BCUT2D eigenvalue weighted by Gasteiger charge is -2.21. The summed E-state index contributed by atoms with van der Waals surface area (Å²) in [5.74, 6) is 0.565. The molecule has 1 atom stereocenters. The SMILES string of the molecule is C=NN(C)/C(=C\C)C(C)CC. The average Bonchev–Trinajstić information content (AvgIpc) is 2.05. The highest BCUT2D eigenvalue weighted by Crippen LogP contribution is 2.16. The Morgan fingerprint density at radius 2 is 2.27 bits per heavy atom. The van der Waals surface area contributed by atoms with E-state index in [1.807, 2.05) is 19.0 Å². The van der Waals surface area contributed by atoms with Gasteiger partial charge in [-0.25, -0.2) is 0 Å². The third-order valence-electron chi connectivity index (χ3n) is 2.00. The summed E-state index contributed by atoms with van der Waals surface area (Å²) in [5.41, 5.74) is 1.24. The van der Waals surface area contributed by atoms with Crippen molar-refractivity contribution in [1.82, 2.24) is 5.01 Å². The molecule has 64 valence electrons. The molecule has 0 rings (SSSR count). The molecule has 1 unspecified atom stereocenters. The van der Waals surface area contributed by atoms with Gasteiger partial charge in [0.2, 0.25) is 0 Å². The quantitative estimate of drug-likeness (QED) is 0.448. The van der Waals surface area contributed by atoms with Crippen LogP contribution in [0.1, 0.15) is 27.2 Å². The minimum atomic E-state index is 0.565. The zero-order valence-electron chi connectivity index (χ0n) is 7.96. The van der Waals surface area contributed by atoms with Crippen LogP contribution in [0, 0.1) is 5.92 Å². The summed E-state index contributed by atoms with van der Waals surface area (Å²) in [5, 5.41) is 5.67. The largest absolute Gasteiger partial charge is 0.273 e. The van der Waals surface area contributed by atoms with E-state index < -0.39 is 0 Å². The predicted molar refractivity (Wildman–Crippen MR) is 50.5 cm³/mol. The number of hydrogen-bond donors (Lipinski definition) is 0. The Labute approximate surface area is 69.6 Å². The summed E-state index contributed by atoms with van der Waals surface area (Å²) in [6.07, 6.45) is 3.22. The van der Waals surface area contributed by atoms with Gasteiger partial charge in [0.1, 0.15) is 0 Å². The van der Waals surface area contributed by atoms with E-state index in [1.165, 1.54) is 5.70 Å². The second kappa shape index (κ2) is 4.94. The van der Waals surface area contributed by atoms with E-state index in [0.717, 1.165) is 6.42 Å². The fraction of sp³-hybridized carbons (Fsp3) is 0.667. The topological polar surface area (TPSA) is 15.6 Å². The lowest BCUT2D eigenvalue weighted by atomic mass is 10.0. The number of hydrazone groups is 1. The van der Waals surface area contributed by atoms with Crippen LogP contribution in [-0.2, 0) is 0 Å². The minimum absolute atomic E-state index is 0.565. The molecule has 0 heterocycles. The molecule has 0 aromatic rings. The average molecular weight is 154 g/mol. The molecule has 0 aromatic carbocycles. The second-order valence-electron chi connectivity index (χ2n) is 2.69. The molecule has 0 amide bonds. The third kappa shape index (κ3) is 2.74. The summed E-state index contributed by atoms with van der Waals surface area (Å²) >= 11 is 0. The summed E-state index contributed by atoms with van der Waals surface area (Å²) in [7, 11) is 1.93. The van der Waals surface area contributed by atoms with Gasteiger partial charge >= 0.3 is 0 Å². The summed E-state index contributed by atoms with van der Waals surface area (Å²) in [6, 6.07) is 0. The first kappa shape index (κ1) is 10.2. The Hall–Kier alpha value is -0.790. The van der Waals surface area contributed by atoms with Crippen LogP contribution < -0.4 is 0 Å². The van der Waals surface area contributed by atoms with Gasteiger partial charge in [0.15, 0.2) is 0 Å². The third-order valence-corrected chi connectivity index (χ3v) is 2.00. The molecule has 2 nitrogen and oxygen atoms in total. The molecule has 0 saturated carbocycles. The van der Waals surface area contributed by atoms with Crippen molar-refractivity contribution in [3.05, 3.63) is 11.8 Å². The summed E-state index contributed by atoms with van der Waals surface area (Å²) < 4.78 is 0. The number of nitrogens with zero attached hydrogens (tertiary/aromatic N) is 2. The lowest BCUT2D eigenvalue weighted by molar-refractivity contribution is 0.382. The van der Waals surface area contributed by atoms with Crippen molar-refractivity contribution in [2.75, 3.05) is 7.05 Å². The minimum Gasteiger partial charge on any atom is -0.273 e. The number of rotatable bonds is 4. The van der Waals surface area contributed by atoms with Crippen molar-refractivity contribution < 1.29 is 0 Å². The second-order valence-corrected chi connectivity index (χ2v) is 2.69. The van der Waals surface area contributed by atoms with Gasteiger partial charge in [-0.15, -0.1) is 0 Å². The Kier molecular flexibility index (Phi) is 4.59. The highest BCUT2D eigenvalue weighted by Gasteiger charge is 2.08. The van der Waals surface area contributed by atoms with Crippen molar-refractivity contribution in [2.45, 2.75) is 27.2 Å². The fourth-order valence-electron chi connectivity index (χ4n) is 1.08. The highest BCUT2D eigenvalue weighted by atomic mass is 15.4. The van der Waals surface area contributed by atoms with Crippen LogP contribution >= 0.6 is 0 Å². The maximum Gasteiger partial charge on any atom is 0.0349 e. The molecule has 0 aromatic heterocycles. The van der Waals surface area contributed by atoms with E-state index in [0.29, 0.717) is 5.92 Å². The van der Waals surface area contributed by atoms with Gasteiger partial charge in [-0.1, -0.05) is 19.9 Å². The molecule has 11 heavy (non-hydrogen) atoms. The first-order chi connectivity index (χ1) is 5.17. The van der Waals surface area contributed by atoms with Crippen LogP contribution in [0.4, 0.5) is 0 Å². The normalized spacial score (nSPS) is 14.4. The van der Waals surface area contributed by atoms with Gasteiger partial charge < -0.3 is 0 Å². The highest BCUT2D eigenvalue weighted by molar-refractivity contribution is 5.23. The number of allylic oxidation sites excluding steroid dienone is 2. The molecular formula is C9H18N2. The Balaban J connectivity index is 4.28. The maximum atomic E-state index is 3.84. The van der Waals surface area contributed by atoms with Crippen LogP contribution in [0.25, 0.3) is 0 Å². The monoisotopic (exact) mass is 154 g/mol. The van der Waals surface area contributed by atoms with Crippen molar-refractivity contribution in [2.24, 2.45) is 11.0 Å². The van der Waals surface area contributed by atoms with Crippen LogP contribution in [-0.4, -0.2) is 18.8 Å². The van der Waals surface area contributed by atoms with Crippen molar-refractivity contribution >= 4 is 6.72 Å². The molecule has 0 N–H and O–H groups in total. The summed E-state index contributed by atoms with van der Waals surface area (Å²) in [4.78, 5) is 0. The predicted octanol–water partition coefficient (Wildman–Crippen LogP) is 2.48. The Morgan fingerprint density at radius 3 is 2.55 bits per heavy atom. The van der Waals surface area contributed by atoms with E-state index in [2.05, 4.69) is 31.7 Å². The van der Waals surface area contributed by atoms with Gasteiger partial charge in [-0.3, -0.25) is 5.01 Å². The number of hydrogen-bond acceptors (Lipinski definition) is 2. The first-order valence-corrected chi connectivity index (χ1v) is 4.03. The maximum absolute atomic E-state index is 3.84. The van der Waals surface area contributed by atoms with Crippen molar-refractivity contribution in [1.29, 1.82) is 0 Å². The molecule has 0 spiro atoms. The van der Waals surface area contributed by atoms with Crippen LogP contribution in [0.3, 0.4) is 0 Å². The van der Waals surface area contributed by atoms with Crippen LogP contribution in [0.15, 0.2) is 16.9 Å². The molecular weight excluding hydrogens is 136 g/mol. The van der Waals surface area contributed by atoms with Crippen molar-refractivity contribution in [3.63, 3.8) is 0 Å². The molecule has 0 saturated heterocycles. The fourth-order valence-corrected chi connectivity index (χ4v) is 1.08. The van der Waals surface area contributed by atoms with Crippen LogP contribution in [0.5, 0.6) is 0 Å². The Morgan fingerprint density at radius 1 is 1.73 bits per heavy atom. The molecule has 0 fully saturated rings. The molecule has 0 aliphatic rings. The molecule has 0 aliphatic heterocycles. The van der Waals surface area contributed by atoms with Gasteiger partial charge in [-0.05, 0) is 19.3 Å². The lowest BCUT2D eigenvalue weighted by Crippen LogP contribution is -2.15. The molecule has 0 aliphatic carbocycles. The Bertz CT molecular complexity index is 150. The zero-order chi connectivity index (χ0) is 8.85. The van der Waals surface area contributed by atoms with Crippen molar-refractivity contribution in [3.8, 4) is 0 Å². The van der Waals surface area contributed by atoms with E-state index in [1.54, 1.807) is 0 Å². The molecule has 0 bridgehead atoms. The van der Waals surface area contributed by atoms with E-state index in [9.17, 15) is 0 Å². The van der Waals surface area contributed by atoms with E-state index in [-0.39, 0.29) is 0 Å². The van der Waals surface area contributed by atoms with Gasteiger partial charge in [0.05, 0.1) is 0 Å². The zero-order valence-corrected chi connectivity index (χ0v) is 7.96. The smallest absolute Gasteiger partial charge is 0.0349 e. The van der Waals surface area contributed by atoms with E-state index in [4.69, 9.17) is 0 Å².